The third-order valence-corrected chi connectivity index (χ3v) is 6.05. The summed E-state index contributed by atoms with van der Waals surface area (Å²) in [5.74, 6) is 0.240. The van der Waals surface area contributed by atoms with Crippen molar-refractivity contribution in [3.05, 3.63) is 47.7 Å². The molecule has 5 rings (SSSR count). The quantitative estimate of drug-likeness (QED) is 0.668. The molecule has 7 heteroatoms. The Bertz CT molecular complexity index is 1070. The molecule has 30 heavy (non-hydrogen) atoms. The van der Waals surface area contributed by atoms with E-state index in [1.165, 1.54) is 0 Å². The number of amides is 1. The molecule has 2 saturated heterocycles. The highest BCUT2D eigenvalue weighted by Crippen LogP contribution is 2.30. The zero-order chi connectivity index (χ0) is 20.7. The number of rotatable bonds is 3. The molecular weight excluding hydrogens is 380 g/mol. The number of carbonyl (C=O) groups is 1. The number of fused-ring (bicyclic) bond motifs is 1. The third-order valence-electron chi connectivity index (χ3n) is 6.05. The molecule has 0 aliphatic carbocycles. The van der Waals surface area contributed by atoms with Gasteiger partial charge in [0, 0.05) is 31.6 Å². The number of likely N-dealkylation sites (tertiary alicyclic amines) is 1. The van der Waals surface area contributed by atoms with Crippen molar-refractivity contribution in [3.8, 4) is 11.3 Å². The molecule has 2 fully saturated rings. The Hall–Kier alpha value is -2.77. The van der Waals surface area contributed by atoms with Crippen LogP contribution in [0, 0.1) is 12.8 Å². The van der Waals surface area contributed by atoms with Gasteiger partial charge in [0.25, 0.3) is 5.91 Å². The Morgan fingerprint density at radius 2 is 1.93 bits per heavy atom. The van der Waals surface area contributed by atoms with E-state index >= 15 is 0 Å². The van der Waals surface area contributed by atoms with Crippen molar-refractivity contribution in [1.82, 2.24) is 19.7 Å². The van der Waals surface area contributed by atoms with E-state index in [0.717, 1.165) is 47.4 Å². The van der Waals surface area contributed by atoms with E-state index in [4.69, 9.17) is 14.5 Å². The highest BCUT2D eigenvalue weighted by Gasteiger charge is 2.34. The Kier molecular flexibility index (Phi) is 5.00. The second kappa shape index (κ2) is 7.81. The van der Waals surface area contributed by atoms with Crippen LogP contribution in [-0.2, 0) is 16.5 Å². The minimum atomic E-state index is -0.196. The van der Waals surface area contributed by atoms with Crippen molar-refractivity contribution in [2.24, 2.45) is 13.0 Å². The van der Waals surface area contributed by atoms with Crippen LogP contribution in [0.25, 0.3) is 22.3 Å². The van der Waals surface area contributed by atoms with E-state index in [1.54, 1.807) is 4.68 Å². The Labute approximate surface area is 175 Å². The van der Waals surface area contributed by atoms with Gasteiger partial charge in [-0.05, 0) is 25.8 Å². The van der Waals surface area contributed by atoms with Crippen LogP contribution in [0.2, 0.25) is 0 Å². The maximum atomic E-state index is 13.7. The molecule has 7 nitrogen and oxygen atoms in total. The monoisotopic (exact) mass is 406 g/mol. The molecule has 1 unspecified atom stereocenters. The summed E-state index contributed by atoms with van der Waals surface area (Å²) in [4.78, 5) is 20.5. The van der Waals surface area contributed by atoms with Crippen LogP contribution in [0.4, 0.5) is 0 Å². The molecule has 2 aliphatic rings. The lowest BCUT2D eigenvalue weighted by molar-refractivity contribution is -0.0969. The molecule has 1 aromatic carbocycles. The molecule has 4 heterocycles. The van der Waals surface area contributed by atoms with Crippen molar-refractivity contribution < 1.29 is 14.3 Å². The van der Waals surface area contributed by atoms with Gasteiger partial charge >= 0.3 is 0 Å². The topological polar surface area (TPSA) is 69.5 Å². The van der Waals surface area contributed by atoms with Crippen LogP contribution in [0.5, 0.6) is 0 Å². The number of pyridine rings is 1. The molecule has 156 valence electrons. The van der Waals surface area contributed by atoms with E-state index in [9.17, 15) is 4.79 Å². The number of hydrogen-bond donors (Lipinski definition) is 0. The van der Waals surface area contributed by atoms with Crippen molar-refractivity contribution in [3.63, 3.8) is 0 Å². The number of ether oxygens (including phenoxy) is 2. The van der Waals surface area contributed by atoms with Gasteiger partial charge in [0.2, 0.25) is 0 Å². The lowest BCUT2D eigenvalue weighted by Gasteiger charge is -2.35. The minimum Gasteiger partial charge on any atom is -0.350 e. The average molecular weight is 406 g/mol. The second-order valence-electron chi connectivity index (χ2n) is 8.09. The van der Waals surface area contributed by atoms with Gasteiger partial charge in [-0.2, -0.15) is 5.10 Å². The van der Waals surface area contributed by atoms with Gasteiger partial charge in [-0.3, -0.25) is 9.48 Å². The molecule has 0 spiro atoms. The van der Waals surface area contributed by atoms with E-state index in [1.807, 2.05) is 55.3 Å². The van der Waals surface area contributed by atoms with Crippen LogP contribution in [0.3, 0.4) is 0 Å². The Morgan fingerprint density at radius 3 is 2.70 bits per heavy atom. The van der Waals surface area contributed by atoms with Crippen molar-refractivity contribution in [2.75, 3.05) is 26.3 Å². The number of benzene rings is 1. The zero-order valence-corrected chi connectivity index (χ0v) is 17.4. The second-order valence-corrected chi connectivity index (χ2v) is 8.09. The molecule has 0 bridgehead atoms. The minimum absolute atomic E-state index is 0.0263. The fraction of sp³-hybridized carbons (Fsp3) is 0.435. The smallest absolute Gasteiger partial charge is 0.254 e. The van der Waals surface area contributed by atoms with Gasteiger partial charge in [0.05, 0.1) is 35.6 Å². The highest BCUT2D eigenvalue weighted by molar-refractivity contribution is 6.07. The van der Waals surface area contributed by atoms with E-state index in [2.05, 4.69) is 5.10 Å². The summed E-state index contributed by atoms with van der Waals surface area (Å²) in [5.41, 5.74) is 3.98. The van der Waals surface area contributed by atoms with Gasteiger partial charge in [-0.1, -0.05) is 30.3 Å². The molecule has 0 saturated carbocycles. The first-order chi connectivity index (χ1) is 14.6. The maximum Gasteiger partial charge on any atom is 0.254 e. The first kappa shape index (κ1) is 19.2. The number of carbonyl (C=O) groups excluding carboxylic acids is 1. The predicted octanol–water partition coefficient (Wildman–Crippen LogP) is 3.17. The van der Waals surface area contributed by atoms with E-state index in [0.29, 0.717) is 25.3 Å². The highest BCUT2D eigenvalue weighted by atomic mass is 16.7. The fourth-order valence-corrected chi connectivity index (χ4v) is 4.61. The Morgan fingerprint density at radius 1 is 1.17 bits per heavy atom. The zero-order valence-electron chi connectivity index (χ0n) is 17.4. The molecule has 0 N–H and O–H groups in total. The molecule has 3 aromatic rings. The normalized spacial score (nSPS) is 20.2. The molecule has 0 radical (unpaired) electrons. The van der Waals surface area contributed by atoms with Crippen molar-refractivity contribution >= 4 is 16.9 Å². The van der Waals surface area contributed by atoms with Gasteiger partial charge in [0.1, 0.15) is 0 Å². The molecule has 1 atom stereocenters. The van der Waals surface area contributed by atoms with Crippen LogP contribution in [0.15, 0.2) is 36.4 Å². The number of aromatic nitrogens is 3. The largest absolute Gasteiger partial charge is 0.350 e. The van der Waals surface area contributed by atoms with Crippen molar-refractivity contribution in [1.29, 1.82) is 0 Å². The summed E-state index contributed by atoms with van der Waals surface area (Å²) in [6.45, 7) is 4.59. The molecule has 2 aliphatic heterocycles. The van der Waals surface area contributed by atoms with Crippen LogP contribution in [-0.4, -0.2) is 58.2 Å². The molecule has 1 amide bonds. The maximum absolute atomic E-state index is 13.7. The average Bonchev–Trinajstić information content (AvgIpc) is 3.42. The van der Waals surface area contributed by atoms with E-state index < -0.39 is 0 Å². The summed E-state index contributed by atoms with van der Waals surface area (Å²) in [5, 5.41) is 5.37. The Balaban J connectivity index is 1.54. The predicted molar refractivity (Wildman–Crippen MR) is 113 cm³/mol. The standard InChI is InChI=1S/C23H26N4O3/c1-15-20-18(22(28)27-10-6-9-17(14-27)23-29-11-12-30-23)13-19(16-7-4-3-5-8-16)24-21(20)26(2)25-15/h3-5,7-8,13,17,23H,6,9-12,14H2,1-2H3. The van der Waals surface area contributed by atoms with Crippen LogP contribution >= 0.6 is 0 Å². The number of aryl methyl sites for hydroxylation is 2. The van der Waals surface area contributed by atoms with Crippen molar-refractivity contribution in [2.45, 2.75) is 26.1 Å². The molecular formula is C23H26N4O3. The van der Waals surface area contributed by atoms with Crippen LogP contribution in [0.1, 0.15) is 28.9 Å². The number of hydrogen-bond acceptors (Lipinski definition) is 5. The van der Waals surface area contributed by atoms with E-state index in [-0.39, 0.29) is 18.1 Å². The third kappa shape index (κ3) is 3.38. The summed E-state index contributed by atoms with van der Waals surface area (Å²) in [7, 11) is 1.87. The first-order valence-corrected chi connectivity index (χ1v) is 10.5. The van der Waals surface area contributed by atoms with Gasteiger partial charge in [0.15, 0.2) is 11.9 Å². The van der Waals surface area contributed by atoms with Gasteiger partial charge in [-0.25, -0.2) is 4.98 Å². The lowest BCUT2D eigenvalue weighted by atomic mass is 9.96. The summed E-state index contributed by atoms with van der Waals surface area (Å²) >= 11 is 0. The summed E-state index contributed by atoms with van der Waals surface area (Å²) in [6.07, 6.45) is 1.77. The summed E-state index contributed by atoms with van der Waals surface area (Å²) in [6, 6.07) is 11.9. The molecule has 2 aromatic heterocycles. The van der Waals surface area contributed by atoms with Gasteiger partial charge < -0.3 is 14.4 Å². The lowest BCUT2D eigenvalue weighted by Crippen LogP contribution is -2.44. The SMILES string of the molecule is Cc1nn(C)c2nc(-c3ccccc3)cc(C(=O)N3CCCC(C4OCCO4)C3)c12. The fourth-order valence-electron chi connectivity index (χ4n) is 4.61. The first-order valence-electron chi connectivity index (χ1n) is 10.5. The number of piperidine rings is 1. The van der Waals surface area contributed by atoms with Gasteiger partial charge in [-0.15, -0.1) is 0 Å². The van der Waals surface area contributed by atoms with Crippen LogP contribution < -0.4 is 0 Å². The summed E-state index contributed by atoms with van der Waals surface area (Å²) < 4.78 is 13.2. The number of nitrogens with zero attached hydrogens (tertiary/aromatic N) is 4.